The van der Waals surface area contributed by atoms with Crippen LogP contribution in [0.4, 0.5) is 5.69 Å². The SMILES string of the molecule is [2H]C([2H])([2H])Oc1cc2c(cc1OC)CCn1c-2cc(=Nc2c(C)cc(C)cc2C)n(CC#N)c1=O. The van der Waals surface area contributed by atoms with Crippen molar-refractivity contribution in [2.45, 2.75) is 40.3 Å². The summed E-state index contributed by atoms with van der Waals surface area (Å²) in [5.41, 5.74) is 5.89. The molecule has 4 rings (SSSR count). The Morgan fingerprint density at radius 2 is 1.84 bits per heavy atom. The van der Waals surface area contributed by atoms with Crippen molar-refractivity contribution in [3.8, 4) is 28.8 Å². The summed E-state index contributed by atoms with van der Waals surface area (Å²) in [7, 11) is -1.22. The Hall–Kier alpha value is -3.79. The van der Waals surface area contributed by atoms with Gasteiger partial charge in [0.25, 0.3) is 0 Å². The Kier molecular flexibility index (Phi) is 4.68. The third-order valence-corrected chi connectivity index (χ3v) is 5.77. The van der Waals surface area contributed by atoms with Crippen LogP contribution in [0.3, 0.4) is 0 Å². The predicted molar refractivity (Wildman–Crippen MR) is 122 cm³/mol. The van der Waals surface area contributed by atoms with Gasteiger partial charge in [0, 0.05) is 18.2 Å². The number of aromatic nitrogens is 2. The molecular formula is C25H26N4O3. The van der Waals surface area contributed by atoms with Gasteiger partial charge in [0.15, 0.2) is 11.5 Å². The molecule has 164 valence electrons. The molecule has 2 heterocycles. The van der Waals surface area contributed by atoms with Crippen LogP contribution in [0, 0.1) is 32.1 Å². The van der Waals surface area contributed by atoms with E-state index < -0.39 is 7.04 Å². The summed E-state index contributed by atoms with van der Waals surface area (Å²) in [4.78, 5) is 18.3. The zero-order chi connectivity index (χ0) is 25.5. The maximum Gasteiger partial charge on any atom is 0.331 e. The molecule has 0 saturated heterocycles. The summed E-state index contributed by atoms with van der Waals surface area (Å²) in [6.45, 7) is 6.18. The average molecular weight is 434 g/mol. The van der Waals surface area contributed by atoms with E-state index >= 15 is 0 Å². The van der Waals surface area contributed by atoms with Crippen molar-refractivity contribution in [3.63, 3.8) is 0 Å². The Morgan fingerprint density at radius 3 is 2.50 bits per heavy atom. The molecule has 0 atom stereocenters. The quantitative estimate of drug-likeness (QED) is 0.630. The van der Waals surface area contributed by atoms with Gasteiger partial charge in [-0.25, -0.2) is 9.79 Å². The van der Waals surface area contributed by atoms with Crippen LogP contribution in [0.15, 0.2) is 40.1 Å². The van der Waals surface area contributed by atoms with E-state index in [1.54, 1.807) is 22.8 Å². The van der Waals surface area contributed by atoms with E-state index in [0.29, 0.717) is 35.5 Å². The summed E-state index contributed by atoms with van der Waals surface area (Å²) < 4.78 is 36.0. The molecule has 2 aromatic carbocycles. The van der Waals surface area contributed by atoms with Crippen molar-refractivity contribution in [2.24, 2.45) is 4.99 Å². The minimum atomic E-state index is -2.66. The summed E-state index contributed by atoms with van der Waals surface area (Å²) in [6, 6.07) is 11.2. The highest BCUT2D eigenvalue weighted by molar-refractivity contribution is 5.70. The fourth-order valence-corrected chi connectivity index (χ4v) is 4.36. The fraction of sp³-hybridized carbons (Fsp3) is 0.320. The van der Waals surface area contributed by atoms with Crippen LogP contribution < -0.4 is 20.7 Å². The van der Waals surface area contributed by atoms with Crippen molar-refractivity contribution >= 4 is 5.69 Å². The first-order valence-electron chi connectivity index (χ1n) is 11.8. The Labute approximate surface area is 191 Å². The zero-order valence-electron chi connectivity index (χ0n) is 21.5. The minimum Gasteiger partial charge on any atom is -0.493 e. The first-order valence-corrected chi connectivity index (χ1v) is 10.3. The molecule has 3 aromatic rings. The maximum atomic E-state index is 13.5. The van der Waals surface area contributed by atoms with Crippen LogP contribution in [0.5, 0.6) is 11.5 Å². The van der Waals surface area contributed by atoms with Gasteiger partial charge in [-0.2, -0.15) is 5.26 Å². The van der Waals surface area contributed by atoms with Crippen LogP contribution in [0.2, 0.25) is 0 Å². The summed E-state index contributed by atoms with van der Waals surface area (Å²) in [6.07, 6.45) is 0.534. The fourth-order valence-electron chi connectivity index (χ4n) is 4.36. The smallest absolute Gasteiger partial charge is 0.331 e. The molecule has 0 aliphatic carbocycles. The van der Waals surface area contributed by atoms with Crippen molar-refractivity contribution in [1.29, 1.82) is 5.26 Å². The summed E-state index contributed by atoms with van der Waals surface area (Å²) >= 11 is 0. The van der Waals surface area contributed by atoms with E-state index in [1.807, 2.05) is 32.9 Å². The van der Waals surface area contributed by atoms with Crippen molar-refractivity contribution in [2.75, 3.05) is 14.1 Å². The third kappa shape index (κ3) is 3.58. The molecule has 0 fully saturated rings. The molecule has 0 N–H and O–H groups in total. The highest BCUT2D eigenvalue weighted by atomic mass is 16.5. The van der Waals surface area contributed by atoms with Crippen molar-refractivity contribution in [3.05, 3.63) is 68.6 Å². The average Bonchev–Trinajstić information content (AvgIpc) is 2.77. The lowest BCUT2D eigenvalue weighted by Crippen LogP contribution is -2.42. The number of fused-ring (bicyclic) bond motifs is 3. The van der Waals surface area contributed by atoms with Crippen LogP contribution in [-0.2, 0) is 19.5 Å². The molecule has 7 nitrogen and oxygen atoms in total. The zero-order valence-corrected chi connectivity index (χ0v) is 18.5. The lowest BCUT2D eigenvalue weighted by molar-refractivity contribution is 0.354. The highest BCUT2D eigenvalue weighted by Gasteiger charge is 2.22. The van der Waals surface area contributed by atoms with E-state index in [2.05, 4.69) is 6.07 Å². The summed E-state index contributed by atoms with van der Waals surface area (Å²) in [5.74, 6) is 0.367. The molecule has 7 heteroatoms. The monoisotopic (exact) mass is 433 g/mol. The second-order valence-corrected chi connectivity index (χ2v) is 7.94. The Morgan fingerprint density at radius 1 is 1.12 bits per heavy atom. The van der Waals surface area contributed by atoms with E-state index in [4.69, 9.17) is 18.6 Å². The number of benzene rings is 2. The number of hydrogen-bond donors (Lipinski definition) is 0. The van der Waals surface area contributed by atoms with Crippen LogP contribution in [0.25, 0.3) is 11.3 Å². The molecule has 0 amide bonds. The lowest BCUT2D eigenvalue weighted by atomic mass is 9.97. The number of rotatable bonds is 4. The standard InChI is InChI=1S/C25H26N4O3/c1-15-10-16(2)24(17(3)11-15)27-23-14-20-19-13-22(32-5)21(31-4)12-18(19)6-8-28(20)25(30)29(23)9-7-26/h10-14H,6,8-9H2,1-5H3/i5D3. The predicted octanol–water partition coefficient (Wildman–Crippen LogP) is 3.57. The maximum absolute atomic E-state index is 13.5. The topological polar surface area (TPSA) is 81.5 Å². The van der Waals surface area contributed by atoms with E-state index in [1.165, 1.54) is 11.7 Å². The number of methoxy groups -OCH3 is 2. The van der Waals surface area contributed by atoms with Gasteiger partial charge in [-0.3, -0.25) is 9.13 Å². The van der Waals surface area contributed by atoms with Crippen molar-refractivity contribution in [1.82, 2.24) is 9.13 Å². The van der Waals surface area contributed by atoms with E-state index in [9.17, 15) is 10.1 Å². The minimum absolute atomic E-state index is 0.0598. The number of hydrogen-bond acceptors (Lipinski definition) is 5. The van der Waals surface area contributed by atoms with Gasteiger partial charge < -0.3 is 9.47 Å². The number of nitriles is 1. The normalized spacial score (nSPS) is 14.5. The van der Waals surface area contributed by atoms with Crippen LogP contribution >= 0.6 is 0 Å². The van der Waals surface area contributed by atoms with Gasteiger partial charge >= 0.3 is 5.69 Å². The molecule has 1 aliphatic heterocycles. The summed E-state index contributed by atoms with van der Waals surface area (Å²) in [5, 5.41) is 9.40. The lowest BCUT2D eigenvalue weighted by Gasteiger charge is -2.24. The van der Waals surface area contributed by atoms with E-state index in [0.717, 1.165) is 27.9 Å². The molecule has 0 bridgehead atoms. The molecule has 1 aromatic heterocycles. The second kappa shape index (κ2) is 8.39. The third-order valence-electron chi connectivity index (χ3n) is 5.77. The number of aryl methyl sites for hydroxylation is 4. The number of ether oxygens (including phenoxy) is 2. The highest BCUT2D eigenvalue weighted by Crippen LogP contribution is 2.37. The molecular weight excluding hydrogens is 404 g/mol. The van der Waals surface area contributed by atoms with E-state index in [-0.39, 0.29) is 18.0 Å². The molecule has 32 heavy (non-hydrogen) atoms. The molecule has 1 aliphatic rings. The molecule has 0 saturated carbocycles. The van der Waals surface area contributed by atoms with Crippen LogP contribution in [-0.4, -0.2) is 23.3 Å². The van der Waals surface area contributed by atoms with Crippen molar-refractivity contribution < 1.29 is 13.6 Å². The van der Waals surface area contributed by atoms with Crippen LogP contribution in [0.1, 0.15) is 26.4 Å². The first kappa shape index (κ1) is 17.8. The van der Waals surface area contributed by atoms with Gasteiger partial charge in [0.1, 0.15) is 12.0 Å². The van der Waals surface area contributed by atoms with Gasteiger partial charge in [0.2, 0.25) is 0 Å². The van der Waals surface area contributed by atoms with Gasteiger partial charge in [0.05, 0.1) is 35.7 Å². The van der Waals surface area contributed by atoms with Gasteiger partial charge in [-0.05, 0) is 56.0 Å². The first-order chi connectivity index (χ1) is 16.5. The second-order valence-electron chi connectivity index (χ2n) is 7.94. The molecule has 0 radical (unpaired) electrons. The largest absolute Gasteiger partial charge is 0.493 e. The molecule has 0 spiro atoms. The molecule has 0 unspecified atom stereocenters. The number of nitrogens with zero attached hydrogens (tertiary/aromatic N) is 4. The van der Waals surface area contributed by atoms with Gasteiger partial charge in [-0.15, -0.1) is 0 Å². The Balaban J connectivity index is 2.02. The Bertz CT molecular complexity index is 1470. The van der Waals surface area contributed by atoms with Gasteiger partial charge in [-0.1, -0.05) is 17.7 Å².